The van der Waals surface area contributed by atoms with E-state index in [1.807, 2.05) is 0 Å². The molecule has 20 heavy (non-hydrogen) atoms. The standard InChI is InChI=1S/C13H8Br2ClNO3/c14-7-8-6-9(16)4-5-11(8)20-12-3-1-2-10(13(12)15)17(18)19/h1-6H,7H2. The molecule has 0 aliphatic carbocycles. The van der Waals surface area contributed by atoms with Crippen molar-refractivity contribution >= 4 is 49.1 Å². The van der Waals surface area contributed by atoms with Gasteiger partial charge in [0.25, 0.3) is 5.69 Å². The maximum Gasteiger partial charge on any atom is 0.287 e. The molecule has 0 fully saturated rings. The van der Waals surface area contributed by atoms with Crippen LogP contribution in [-0.4, -0.2) is 4.92 Å². The van der Waals surface area contributed by atoms with Gasteiger partial charge in [-0.05, 0) is 40.2 Å². The molecule has 0 aromatic heterocycles. The molecular formula is C13H8Br2ClNO3. The van der Waals surface area contributed by atoms with E-state index in [1.54, 1.807) is 30.3 Å². The summed E-state index contributed by atoms with van der Waals surface area (Å²) in [4.78, 5) is 10.4. The lowest BCUT2D eigenvalue weighted by Gasteiger charge is -2.11. The van der Waals surface area contributed by atoms with E-state index in [0.29, 0.717) is 26.3 Å². The quantitative estimate of drug-likeness (QED) is 0.362. The predicted octanol–water partition coefficient (Wildman–Crippen LogP) is 5.70. The summed E-state index contributed by atoms with van der Waals surface area (Å²) in [7, 11) is 0. The Morgan fingerprint density at radius 3 is 2.65 bits per heavy atom. The van der Waals surface area contributed by atoms with Crippen molar-refractivity contribution in [1.29, 1.82) is 0 Å². The van der Waals surface area contributed by atoms with Crippen LogP contribution < -0.4 is 4.74 Å². The average molecular weight is 421 g/mol. The maximum absolute atomic E-state index is 10.9. The van der Waals surface area contributed by atoms with Crippen molar-refractivity contribution in [2.24, 2.45) is 0 Å². The van der Waals surface area contributed by atoms with Crippen LogP contribution in [0.4, 0.5) is 5.69 Å². The molecule has 0 aliphatic rings. The third-order valence-electron chi connectivity index (χ3n) is 2.53. The Morgan fingerprint density at radius 1 is 1.25 bits per heavy atom. The normalized spacial score (nSPS) is 10.3. The second-order valence-corrected chi connectivity index (χ2v) is 5.62. The molecule has 4 nitrogen and oxygen atoms in total. The molecule has 0 unspecified atom stereocenters. The Labute approximate surface area is 137 Å². The zero-order valence-electron chi connectivity index (χ0n) is 9.98. The number of hydrogen-bond donors (Lipinski definition) is 0. The van der Waals surface area contributed by atoms with Crippen molar-refractivity contribution in [1.82, 2.24) is 0 Å². The number of benzene rings is 2. The van der Waals surface area contributed by atoms with Gasteiger partial charge in [-0.15, -0.1) is 0 Å². The maximum atomic E-state index is 10.9. The van der Waals surface area contributed by atoms with Crippen LogP contribution in [0.2, 0.25) is 5.02 Å². The first-order valence-corrected chi connectivity index (χ1v) is 7.77. The molecule has 0 radical (unpaired) electrons. The fraction of sp³-hybridized carbons (Fsp3) is 0.0769. The smallest absolute Gasteiger partial charge is 0.287 e. The van der Waals surface area contributed by atoms with E-state index in [2.05, 4.69) is 31.9 Å². The van der Waals surface area contributed by atoms with Gasteiger partial charge in [0.1, 0.15) is 16.0 Å². The lowest BCUT2D eigenvalue weighted by atomic mass is 10.2. The molecule has 2 aromatic rings. The number of halogens is 3. The van der Waals surface area contributed by atoms with Crippen molar-refractivity contribution in [2.75, 3.05) is 0 Å². The first kappa shape index (κ1) is 15.3. The van der Waals surface area contributed by atoms with Crippen LogP contribution in [0.25, 0.3) is 0 Å². The van der Waals surface area contributed by atoms with Gasteiger partial charge in [-0.1, -0.05) is 33.6 Å². The number of alkyl halides is 1. The minimum Gasteiger partial charge on any atom is -0.456 e. The second kappa shape index (κ2) is 6.56. The Bertz CT molecular complexity index is 664. The molecule has 0 atom stereocenters. The molecule has 7 heteroatoms. The highest BCUT2D eigenvalue weighted by molar-refractivity contribution is 9.10. The van der Waals surface area contributed by atoms with Crippen molar-refractivity contribution < 1.29 is 9.66 Å². The largest absolute Gasteiger partial charge is 0.456 e. The van der Waals surface area contributed by atoms with Crippen molar-refractivity contribution in [2.45, 2.75) is 5.33 Å². The predicted molar refractivity (Wildman–Crippen MR) is 85.0 cm³/mol. The molecule has 0 saturated carbocycles. The van der Waals surface area contributed by atoms with Crippen molar-refractivity contribution in [3.8, 4) is 11.5 Å². The fourth-order valence-corrected chi connectivity index (χ4v) is 2.71. The van der Waals surface area contributed by atoms with E-state index in [0.717, 1.165) is 5.56 Å². The van der Waals surface area contributed by atoms with E-state index in [9.17, 15) is 10.1 Å². The summed E-state index contributed by atoms with van der Waals surface area (Å²) in [6, 6.07) is 9.84. The Kier molecular flexibility index (Phi) is 5.01. The number of ether oxygens (including phenoxy) is 1. The highest BCUT2D eigenvalue weighted by Crippen LogP contribution is 2.38. The first-order chi connectivity index (χ1) is 9.52. The Balaban J connectivity index is 2.40. The number of nitro groups is 1. The molecule has 0 bridgehead atoms. The highest BCUT2D eigenvalue weighted by Gasteiger charge is 2.17. The van der Waals surface area contributed by atoms with Crippen molar-refractivity contribution in [3.05, 3.63) is 61.6 Å². The van der Waals surface area contributed by atoms with Crippen LogP contribution in [0, 0.1) is 10.1 Å². The lowest BCUT2D eigenvalue weighted by Crippen LogP contribution is -1.94. The van der Waals surface area contributed by atoms with Gasteiger partial charge in [-0.2, -0.15) is 0 Å². The summed E-state index contributed by atoms with van der Waals surface area (Å²) < 4.78 is 6.04. The molecule has 0 heterocycles. The Hall–Kier alpha value is -1.11. The molecule has 0 saturated heterocycles. The number of nitro benzene ring substituents is 1. The molecule has 0 aliphatic heterocycles. The summed E-state index contributed by atoms with van der Waals surface area (Å²) in [6.45, 7) is 0. The van der Waals surface area contributed by atoms with Gasteiger partial charge < -0.3 is 4.74 Å². The van der Waals surface area contributed by atoms with Gasteiger partial charge in [0.05, 0.1) is 4.92 Å². The van der Waals surface area contributed by atoms with Crippen LogP contribution >= 0.6 is 43.5 Å². The molecular weight excluding hydrogens is 413 g/mol. The zero-order chi connectivity index (χ0) is 14.7. The molecule has 2 aromatic carbocycles. The molecule has 0 spiro atoms. The minimum absolute atomic E-state index is 0.0446. The van der Waals surface area contributed by atoms with Crippen LogP contribution in [0.1, 0.15) is 5.56 Å². The summed E-state index contributed by atoms with van der Waals surface area (Å²) in [6.07, 6.45) is 0. The molecule has 2 rings (SSSR count). The average Bonchev–Trinajstić information content (AvgIpc) is 2.42. The van der Waals surface area contributed by atoms with E-state index < -0.39 is 4.92 Å². The van der Waals surface area contributed by atoms with Crippen LogP contribution in [-0.2, 0) is 5.33 Å². The van der Waals surface area contributed by atoms with E-state index in [-0.39, 0.29) is 5.69 Å². The van der Waals surface area contributed by atoms with E-state index in [1.165, 1.54) is 6.07 Å². The van der Waals surface area contributed by atoms with Gasteiger partial charge in [0.15, 0.2) is 0 Å². The number of rotatable bonds is 4. The lowest BCUT2D eigenvalue weighted by molar-refractivity contribution is -0.385. The summed E-state index contributed by atoms with van der Waals surface area (Å²) >= 11 is 12.5. The molecule has 0 N–H and O–H groups in total. The third kappa shape index (κ3) is 3.31. The first-order valence-electron chi connectivity index (χ1n) is 5.48. The SMILES string of the molecule is O=[N+]([O-])c1cccc(Oc2ccc(Cl)cc2CBr)c1Br. The Morgan fingerprint density at radius 2 is 2.00 bits per heavy atom. The van der Waals surface area contributed by atoms with Crippen LogP contribution in [0.15, 0.2) is 40.9 Å². The van der Waals surface area contributed by atoms with E-state index >= 15 is 0 Å². The van der Waals surface area contributed by atoms with Gasteiger partial charge in [-0.3, -0.25) is 10.1 Å². The van der Waals surface area contributed by atoms with Crippen molar-refractivity contribution in [3.63, 3.8) is 0 Å². The van der Waals surface area contributed by atoms with Gasteiger partial charge in [0.2, 0.25) is 0 Å². The van der Waals surface area contributed by atoms with Crippen LogP contribution in [0.5, 0.6) is 11.5 Å². The minimum atomic E-state index is -0.468. The summed E-state index contributed by atoms with van der Waals surface area (Å²) in [5.74, 6) is 0.969. The molecule has 0 amide bonds. The highest BCUT2D eigenvalue weighted by atomic mass is 79.9. The van der Waals surface area contributed by atoms with Gasteiger partial charge in [-0.25, -0.2) is 0 Å². The van der Waals surface area contributed by atoms with Crippen LogP contribution in [0.3, 0.4) is 0 Å². The number of hydrogen-bond acceptors (Lipinski definition) is 3. The molecule has 104 valence electrons. The zero-order valence-corrected chi connectivity index (χ0v) is 13.9. The monoisotopic (exact) mass is 419 g/mol. The summed E-state index contributed by atoms with van der Waals surface area (Å²) in [5.41, 5.74) is 0.813. The second-order valence-electron chi connectivity index (χ2n) is 3.83. The third-order valence-corrected chi connectivity index (χ3v) is 4.16. The van der Waals surface area contributed by atoms with Gasteiger partial charge in [0, 0.05) is 22.0 Å². The number of nitrogens with zero attached hydrogens (tertiary/aromatic N) is 1. The van der Waals surface area contributed by atoms with Gasteiger partial charge >= 0.3 is 0 Å². The van der Waals surface area contributed by atoms with E-state index in [4.69, 9.17) is 16.3 Å². The topological polar surface area (TPSA) is 52.4 Å². The summed E-state index contributed by atoms with van der Waals surface area (Å²) in [5, 5.41) is 12.1. The fourth-order valence-electron chi connectivity index (χ4n) is 1.59.